The summed E-state index contributed by atoms with van der Waals surface area (Å²) in [6.45, 7) is 9.81. The monoisotopic (exact) mass is 350 g/mol. The Labute approximate surface area is 147 Å². The molecule has 1 saturated carbocycles. The number of fused-ring (bicyclic) bond motifs is 1. The van der Waals surface area contributed by atoms with Crippen LogP contribution in [0.15, 0.2) is 22.8 Å². The van der Waals surface area contributed by atoms with Crippen LogP contribution in [0.5, 0.6) is 0 Å². The molecule has 0 aromatic heterocycles. The van der Waals surface area contributed by atoms with E-state index in [2.05, 4.69) is 0 Å². The van der Waals surface area contributed by atoms with Crippen LogP contribution in [0, 0.1) is 17.8 Å². The molecule has 2 aliphatic carbocycles. The summed E-state index contributed by atoms with van der Waals surface area (Å²) in [7, 11) is 0. The zero-order valence-corrected chi connectivity index (χ0v) is 15.5. The predicted octanol–water partition coefficient (Wildman–Crippen LogP) is 1.96. The molecule has 0 saturated heterocycles. The third-order valence-electron chi connectivity index (χ3n) is 5.09. The van der Waals surface area contributed by atoms with Gasteiger partial charge in [0.1, 0.15) is 12.2 Å². The summed E-state index contributed by atoms with van der Waals surface area (Å²) in [6.07, 6.45) is -0.734. The second-order valence-electron chi connectivity index (χ2n) is 7.20. The fourth-order valence-corrected chi connectivity index (χ4v) is 4.08. The molecule has 0 radical (unpaired) electrons. The van der Waals surface area contributed by atoms with E-state index in [1.54, 1.807) is 13.8 Å². The molecule has 0 aromatic carbocycles. The minimum Gasteiger partial charge on any atom is -0.458 e. The molecule has 0 bridgehead atoms. The second-order valence-corrected chi connectivity index (χ2v) is 7.20. The normalized spacial score (nSPS) is 34.8. The lowest BCUT2D eigenvalue weighted by Crippen LogP contribution is -2.56. The molecule has 2 aliphatic rings. The van der Waals surface area contributed by atoms with E-state index in [-0.39, 0.29) is 17.6 Å². The van der Waals surface area contributed by atoms with Crippen LogP contribution in [-0.4, -0.2) is 41.1 Å². The van der Waals surface area contributed by atoms with E-state index in [4.69, 9.17) is 9.47 Å². The van der Waals surface area contributed by atoms with Gasteiger partial charge in [0, 0.05) is 31.3 Å². The molecule has 0 aliphatic heterocycles. The standard InChI is InChI=1S/C19H26O6/c1-8(2)14-13-7-9(3)18(24-11(5)20)19(25-12(6)21)15(13)10(4)16(22)17(14)23/h7,10,13,15-16,18-19,22H,1-6H3. The molecule has 138 valence electrons. The van der Waals surface area contributed by atoms with Crippen molar-refractivity contribution in [2.45, 2.75) is 59.9 Å². The van der Waals surface area contributed by atoms with E-state index in [1.807, 2.05) is 19.9 Å². The number of rotatable bonds is 2. The smallest absolute Gasteiger partial charge is 0.303 e. The van der Waals surface area contributed by atoms with Gasteiger partial charge in [-0.15, -0.1) is 0 Å². The zero-order valence-electron chi connectivity index (χ0n) is 15.5. The van der Waals surface area contributed by atoms with Crippen LogP contribution in [0.4, 0.5) is 0 Å². The summed E-state index contributed by atoms with van der Waals surface area (Å²) >= 11 is 0. The van der Waals surface area contributed by atoms with Crippen molar-refractivity contribution in [1.29, 1.82) is 0 Å². The Morgan fingerprint density at radius 2 is 1.64 bits per heavy atom. The molecule has 6 nitrogen and oxygen atoms in total. The van der Waals surface area contributed by atoms with Gasteiger partial charge < -0.3 is 14.6 Å². The molecule has 6 unspecified atom stereocenters. The minimum absolute atomic E-state index is 0.285. The molecular formula is C19H26O6. The molecular weight excluding hydrogens is 324 g/mol. The number of esters is 2. The van der Waals surface area contributed by atoms with Gasteiger partial charge in [-0.1, -0.05) is 18.6 Å². The maximum absolute atomic E-state index is 12.6. The summed E-state index contributed by atoms with van der Waals surface area (Å²) in [5.74, 6) is -2.33. The van der Waals surface area contributed by atoms with E-state index in [9.17, 15) is 19.5 Å². The summed E-state index contributed by atoms with van der Waals surface area (Å²) in [5.41, 5.74) is 2.11. The Bertz CT molecular complexity index is 655. The van der Waals surface area contributed by atoms with Crippen LogP contribution in [0.1, 0.15) is 41.5 Å². The van der Waals surface area contributed by atoms with Crippen molar-refractivity contribution in [3.63, 3.8) is 0 Å². The average Bonchev–Trinajstić information content (AvgIpc) is 2.47. The third kappa shape index (κ3) is 3.54. The number of Topliss-reactive ketones (excluding diaryl/α,β-unsaturated/α-hetero) is 1. The van der Waals surface area contributed by atoms with E-state index in [0.29, 0.717) is 5.57 Å². The van der Waals surface area contributed by atoms with Gasteiger partial charge in [-0.2, -0.15) is 0 Å². The molecule has 0 amide bonds. The molecule has 0 spiro atoms. The van der Waals surface area contributed by atoms with Crippen molar-refractivity contribution < 1.29 is 29.0 Å². The Hall–Kier alpha value is -1.95. The predicted molar refractivity (Wildman–Crippen MR) is 90.4 cm³/mol. The number of ketones is 1. The number of aliphatic hydroxyl groups excluding tert-OH is 1. The van der Waals surface area contributed by atoms with Gasteiger partial charge in [-0.25, -0.2) is 0 Å². The van der Waals surface area contributed by atoms with Crippen molar-refractivity contribution in [3.8, 4) is 0 Å². The number of ether oxygens (including phenoxy) is 2. The van der Waals surface area contributed by atoms with Gasteiger partial charge in [0.15, 0.2) is 11.9 Å². The largest absolute Gasteiger partial charge is 0.458 e. The summed E-state index contributed by atoms with van der Waals surface area (Å²) < 4.78 is 10.9. The lowest BCUT2D eigenvalue weighted by atomic mass is 9.61. The van der Waals surface area contributed by atoms with Gasteiger partial charge in [-0.05, 0) is 32.3 Å². The number of hydrogen-bond donors (Lipinski definition) is 1. The number of carbonyl (C=O) groups excluding carboxylic acids is 3. The first-order valence-electron chi connectivity index (χ1n) is 8.48. The highest BCUT2D eigenvalue weighted by Gasteiger charge is 2.53. The second kappa shape index (κ2) is 7.12. The fraction of sp³-hybridized carbons (Fsp3) is 0.632. The van der Waals surface area contributed by atoms with E-state index >= 15 is 0 Å². The SMILES string of the molecule is CC(=O)OC1C(C)=CC2C(=C(C)C)C(=O)C(O)C(C)C2C1OC(C)=O. The van der Waals surface area contributed by atoms with Crippen LogP contribution >= 0.6 is 0 Å². The molecule has 0 heterocycles. The minimum atomic E-state index is -1.17. The summed E-state index contributed by atoms with van der Waals surface area (Å²) in [6, 6.07) is 0. The highest BCUT2D eigenvalue weighted by atomic mass is 16.6. The third-order valence-corrected chi connectivity index (χ3v) is 5.09. The zero-order chi connectivity index (χ0) is 19.0. The molecule has 2 rings (SSSR count). The van der Waals surface area contributed by atoms with Crippen molar-refractivity contribution in [3.05, 3.63) is 22.8 Å². The van der Waals surface area contributed by atoms with Crippen molar-refractivity contribution in [1.82, 2.24) is 0 Å². The topological polar surface area (TPSA) is 89.9 Å². The van der Waals surface area contributed by atoms with Crippen LogP contribution in [0.25, 0.3) is 0 Å². The Morgan fingerprint density at radius 1 is 1.08 bits per heavy atom. The summed E-state index contributed by atoms with van der Waals surface area (Å²) in [5, 5.41) is 10.4. The maximum Gasteiger partial charge on any atom is 0.303 e. The maximum atomic E-state index is 12.6. The van der Waals surface area contributed by atoms with E-state index in [0.717, 1.165) is 11.1 Å². The first-order valence-corrected chi connectivity index (χ1v) is 8.48. The molecule has 1 fully saturated rings. The van der Waals surface area contributed by atoms with Crippen LogP contribution in [-0.2, 0) is 23.9 Å². The summed E-state index contributed by atoms with van der Waals surface area (Å²) in [4.78, 5) is 35.8. The number of hydrogen-bond acceptors (Lipinski definition) is 6. The Kier molecular flexibility index (Phi) is 5.52. The van der Waals surface area contributed by atoms with E-state index < -0.39 is 36.2 Å². The number of carbonyl (C=O) groups is 3. The van der Waals surface area contributed by atoms with Gasteiger partial charge in [0.05, 0.1) is 0 Å². The molecule has 25 heavy (non-hydrogen) atoms. The van der Waals surface area contributed by atoms with Crippen LogP contribution in [0.2, 0.25) is 0 Å². The number of aliphatic hydroxyl groups is 1. The number of allylic oxidation sites excluding steroid dienone is 2. The highest BCUT2D eigenvalue weighted by molar-refractivity contribution is 6.01. The van der Waals surface area contributed by atoms with Gasteiger partial charge in [-0.3, -0.25) is 14.4 Å². The average molecular weight is 350 g/mol. The molecule has 0 aromatic rings. The first-order chi connectivity index (χ1) is 11.6. The first kappa shape index (κ1) is 19.4. The Morgan fingerprint density at radius 3 is 2.12 bits per heavy atom. The van der Waals surface area contributed by atoms with Gasteiger partial charge in [0.25, 0.3) is 0 Å². The van der Waals surface area contributed by atoms with Crippen molar-refractivity contribution in [2.24, 2.45) is 17.8 Å². The lowest BCUT2D eigenvalue weighted by molar-refractivity contribution is -0.175. The highest BCUT2D eigenvalue weighted by Crippen LogP contribution is 2.47. The van der Waals surface area contributed by atoms with E-state index in [1.165, 1.54) is 13.8 Å². The van der Waals surface area contributed by atoms with Crippen LogP contribution < -0.4 is 0 Å². The van der Waals surface area contributed by atoms with Crippen molar-refractivity contribution in [2.75, 3.05) is 0 Å². The molecule has 6 atom stereocenters. The van der Waals surface area contributed by atoms with Crippen molar-refractivity contribution >= 4 is 17.7 Å². The van der Waals surface area contributed by atoms with Crippen LogP contribution in [0.3, 0.4) is 0 Å². The lowest BCUT2D eigenvalue weighted by Gasteiger charge is -2.48. The van der Waals surface area contributed by atoms with Gasteiger partial charge in [0.2, 0.25) is 0 Å². The molecule has 1 N–H and O–H groups in total. The fourth-order valence-electron chi connectivity index (χ4n) is 4.08. The molecule has 6 heteroatoms. The van der Waals surface area contributed by atoms with Gasteiger partial charge >= 0.3 is 11.9 Å². The quantitative estimate of drug-likeness (QED) is 0.465. The Balaban J connectivity index is 2.61.